The summed E-state index contributed by atoms with van der Waals surface area (Å²) in [5, 5.41) is 0. The molecule has 19 heavy (non-hydrogen) atoms. The van der Waals surface area contributed by atoms with Gasteiger partial charge in [-0.3, -0.25) is 0 Å². The highest BCUT2D eigenvalue weighted by molar-refractivity contribution is 7.91. The summed E-state index contributed by atoms with van der Waals surface area (Å²) in [5.41, 5.74) is -0.791. The molecular weight excluding hydrogens is 280 g/mol. The Morgan fingerprint density at radius 2 is 1.84 bits per heavy atom. The highest BCUT2D eigenvalue weighted by Crippen LogP contribution is 2.17. The van der Waals surface area contributed by atoms with Crippen LogP contribution < -0.4 is 10.2 Å². The van der Waals surface area contributed by atoms with Crippen molar-refractivity contribution in [1.82, 2.24) is 0 Å². The molecule has 3 nitrogen and oxygen atoms in total. The van der Waals surface area contributed by atoms with Gasteiger partial charge in [-0.15, -0.1) is 0 Å². The Morgan fingerprint density at radius 3 is 2.42 bits per heavy atom. The lowest BCUT2D eigenvalue weighted by Gasteiger charge is -2.19. The standard InChI is InChI=1S/C11H15BF3O3S/c1-2-19(16,17)9-5-8-18-11-7-4-3-6-10(11)12(13,14)15/h3-4,6-7H,2,5,8-9H2,1H3/q-1. The molecule has 0 atom stereocenters. The van der Waals surface area contributed by atoms with E-state index in [0.29, 0.717) is 0 Å². The van der Waals surface area contributed by atoms with E-state index in [9.17, 15) is 21.4 Å². The van der Waals surface area contributed by atoms with Gasteiger partial charge in [-0.1, -0.05) is 30.6 Å². The van der Waals surface area contributed by atoms with E-state index in [0.717, 1.165) is 6.07 Å². The first-order valence-electron chi connectivity index (χ1n) is 5.88. The lowest BCUT2D eigenvalue weighted by atomic mass is 9.79. The number of ether oxygens (including phenoxy) is 1. The third-order valence-corrected chi connectivity index (χ3v) is 4.36. The Hall–Kier alpha value is -1.18. The Balaban J connectivity index is 2.60. The van der Waals surface area contributed by atoms with Crippen LogP contribution in [-0.4, -0.2) is 33.5 Å². The molecule has 0 aliphatic rings. The third kappa shape index (κ3) is 5.14. The van der Waals surface area contributed by atoms with E-state index in [4.69, 9.17) is 4.74 Å². The second-order valence-electron chi connectivity index (χ2n) is 4.05. The minimum absolute atomic E-state index is 0.0231. The monoisotopic (exact) mass is 295 g/mol. The number of sulfone groups is 1. The van der Waals surface area contributed by atoms with Crippen molar-refractivity contribution >= 4 is 22.3 Å². The second-order valence-corrected chi connectivity index (χ2v) is 6.52. The number of hydrogen-bond acceptors (Lipinski definition) is 3. The van der Waals surface area contributed by atoms with Gasteiger partial charge in [0.1, 0.15) is 9.84 Å². The Morgan fingerprint density at radius 1 is 1.21 bits per heavy atom. The van der Waals surface area contributed by atoms with E-state index in [2.05, 4.69) is 0 Å². The first-order chi connectivity index (χ1) is 8.76. The third-order valence-electron chi connectivity index (χ3n) is 2.57. The molecule has 0 aromatic heterocycles. The number of halogens is 3. The minimum Gasteiger partial charge on any atom is -0.497 e. The molecule has 0 saturated heterocycles. The van der Waals surface area contributed by atoms with Gasteiger partial charge < -0.3 is 17.7 Å². The fourth-order valence-electron chi connectivity index (χ4n) is 1.49. The highest BCUT2D eigenvalue weighted by atomic mass is 32.2. The van der Waals surface area contributed by atoms with Crippen molar-refractivity contribution in [1.29, 1.82) is 0 Å². The highest BCUT2D eigenvalue weighted by Gasteiger charge is 2.28. The quantitative estimate of drug-likeness (QED) is 0.570. The van der Waals surface area contributed by atoms with Crippen LogP contribution in [0.1, 0.15) is 13.3 Å². The summed E-state index contributed by atoms with van der Waals surface area (Å²) in [6.45, 7) is -3.66. The van der Waals surface area contributed by atoms with Crippen molar-refractivity contribution < 1.29 is 26.1 Å². The van der Waals surface area contributed by atoms with Gasteiger partial charge in [0, 0.05) is 5.75 Å². The minimum atomic E-state index is -5.13. The van der Waals surface area contributed by atoms with Crippen molar-refractivity contribution in [2.24, 2.45) is 0 Å². The van der Waals surface area contributed by atoms with Gasteiger partial charge in [0.15, 0.2) is 0 Å². The molecule has 8 heteroatoms. The Labute approximate surface area is 110 Å². The summed E-state index contributed by atoms with van der Waals surface area (Å²) in [6.07, 6.45) is 0.176. The predicted octanol–water partition coefficient (Wildman–Crippen LogP) is 1.94. The normalized spacial score (nSPS) is 12.4. The fraction of sp³-hybridized carbons (Fsp3) is 0.455. The van der Waals surface area contributed by atoms with Crippen LogP contribution in [0.2, 0.25) is 0 Å². The molecule has 0 heterocycles. The molecular formula is C11H15BF3O3S-. The maximum Gasteiger partial charge on any atom is 0.513 e. The van der Waals surface area contributed by atoms with Gasteiger partial charge in [-0.2, -0.15) is 0 Å². The number of rotatable bonds is 7. The van der Waals surface area contributed by atoms with E-state index >= 15 is 0 Å². The van der Waals surface area contributed by atoms with Crippen molar-refractivity contribution in [3.63, 3.8) is 0 Å². The number of para-hydroxylation sites is 1. The van der Waals surface area contributed by atoms with E-state index in [1.165, 1.54) is 25.1 Å². The van der Waals surface area contributed by atoms with Crippen LogP contribution in [0.4, 0.5) is 12.9 Å². The van der Waals surface area contributed by atoms with Gasteiger partial charge in [0.25, 0.3) is 0 Å². The molecule has 0 bridgehead atoms. The average Bonchev–Trinajstić information content (AvgIpc) is 2.34. The molecule has 0 radical (unpaired) electrons. The summed E-state index contributed by atoms with van der Waals surface area (Å²) >= 11 is 0. The van der Waals surface area contributed by atoms with Crippen LogP contribution in [0.3, 0.4) is 0 Å². The van der Waals surface area contributed by atoms with Crippen LogP contribution in [-0.2, 0) is 9.84 Å². The van der Waals surface area contributed by atoms with Crippen molar-refractivity contribution in [2.75, 3.05) is 18.1 Å². The first-order valence-corrected chi connectivity index (χ1v) is 7.70. The van der Waals surface area contributed by atoms with Crippen molar-refractivity contribution in [3.8, 4) is 5.75 Å². The maximum absolute atomic E-state index is 12.7. The zero-order valence-corrected chi connectivity index (χ0v) is 11.3. The van der Waals surface area contributed by atoms with E-state index < -0.39 is 22.3 Å². The zero-order chi connectivity index (χ0) is 14.5. The molecule has 1 aromatic rings. The Kier molecular flexibility index (Phi) is 5.28. The average molecular weight is 295 g/mol. The summed E-state index contributed by atoms with van der Waals surface area (Å²) in [7, 11) is -3.11. The molecule has 0 N–H and O–H groups in total. The van der Waals surface area contributed by atoms with Crippen LogP contribution in [0.25, 0.3) is 0 Å². The van der Waals surface area contributed by atoms with Crippen LogP contribution in [0, 0.1) is 0 Å². The summed E-state index contributed by atoms with van der Waals surface area (Å²) in [5.74, 6) is -0.304. The molecule has 0 aliphatic carbocycles. The van der Waals surface area contributed by atoms with Gasteiger partial charge >= 0.3 is 6.98 Å². The summed E-state index contributed by atoms with van der Waals surface area (Å²) in [6, 6.07) is 4.93. The predicted molar refractivity (Wildman–Crippen MR) is 69.6 cm³/mol. The van der Waals surface area contributed by atoms with Crippen LogP contribution in [0.15, 0.2) is 24.3 Å². The van der Waals surface area contributed by atoms with Gasteiger partial charge in [-0.25, -0.2) is 8.42 Å². The molecule has 0 saturated carbocycles. The zero-order valence-electron chi connectivity index (χ0n) is 10.5. The molecule has 0 fully saturated rings. The smallest absolute Gasteiger partial charge is 0.497 e. The molecule has 0 unspecified atom stereocenters. The Bertz CT molecular complexity index is 514. The second kappa shape index (κ2) is 6.32. The molecule has 0 aliphatic heterocycles. The molecule has 1 rings (SSSR count). The molecule has 1 aromatic carbocycles. The van der Waals surface area contributed by atoms with E-state index in [-0.39, 0.29) is 30.3 Å². The van der Waals surface area contributed by atoms with Crippen LogP contribution in [0.5, 0.6) is 5.75 Å². The van der Waals surface area contributed by atoms with Crippen molar-refractivity contribution in [2.45, 2.75) is 13.3 Å². The molecule has 0 spiro atoms. The number of hydrogen-bond donors (Lipinski definition) is 0. The lowest BCUT2D eigenvalue weighted by molar-refractivity contribution is 0.318. The molecule has 0 amide bonds. The first kappa shape index (κ1) is 15.9. The fourth-order valence-corrected chi connectivity index (χ4v) is 2.33. The number of benzene rings is 1. The SMILES string of the molecule is CCS(=O)(=O)CCCOc1ccccc1[B-](F)(F)F. The largest absolute Gasteiger partial charge is 0.513 e. The maximum atomic E-state index is 12.7. The van der Waals surface area contributed by atoms with Gasteiger partial charge in [-0.05, 0) is 12.5 Å². The van der Waals surface area contributed by atoms with Crippen LogP contribution >= 0.6 is 0 Å². The topological polar surface area (TPSA) is 43.4 Å². The summed E-state index contributed by atoms with van der Waals surface area (Å²) < 4.78 is 65.5. The molecule has 108 valence electrons. The van der Waals surface area contributed by atoms with Gasteiger partial charge in [0.05, 0.1) is 18.1 Å². The summed E-state index contributed by atoms with van der Waals surface area (Å²) in [4.78, 5) is 0. The van der Waals surface area contributed by atoms with Crippen molar-refractivity contribution in [3.05, 3.63) is 24.3 Å². The van der Waals surface area contributed by atoms with E-state index in [1.807, 2.05) is 0 Å². The van der Waals surface area contributed by atoms with E-state index in [1.54, 1.807) is 0 Å². The lowest BCUT2D eigenvalue weighted by Crippen LogP contribution is -2.35. The van der Waals surface area contributed by atoms with Gasteiger partial charge in [0.2, 0.25) is 0 Å².